The third kappa shape index (κ3) is 3.61. The van der Waals surface area contributed by atoms with E-state index in [1.807, 2.05) is 39.0 Å². The standard InChI is InChI=1S/C27H26N2O5/c1-14-7-8-15(2)21(9-14)28-22(30)13-34-27(33)17-5-4-6-19(11-17)29-25(31)23-18-10-16(3)20(12-18)24(23)26(29)32/h4-11,18,20,23-24H,12-13H2,1-3H3,(H,28,30)/t18-,20+,23-,24+/m0/s1. The molecule has 2 aromatic rings. The smallest absolute Gasteiger partial charge is 0.338 e. The molecule has 0 spiro atoms. The van der Waals surface area contributed by atoms with E-state index in [2.05, 4.69) is 11.4 Å². The number of fused-ring (bicyclic) bond motifs is 5. The maximum Gasteiger partial charge on any atom is 0.338 e. The van der Waals surface area contributed by atoms with Crippen LogP contribution in [-0.4, -0.2) is 30.3 Å². The lowest BCUT2D eigenvalue weighted by molar-refractivity contribution is -0.123. The fourth-order valence-electron chi connectivity index (χ4n) is 5.57. The van der Waals surface area contributed by atoms with Crippen molar-refractivity contribution in [2.24, 2.45) is 23.7 Å². The van der Waals surface area contributed by atoms with Crippen molar-refractivity contribution in [2.45, 2.75) is 27.2 Å². The number of hydrogen-bond donors (Lipinski definition) is 1. The highest BCUT2D eigenvalue weighted by atomic mass is 16.5. The van der Waals surface area contributed by atoms with Gasteiger partial charge in [0, 0.05) is 5.69 Å². The molecule has 2 aromatic carbocycles. The van der Waals surface area contributed by atoms with Gasteiger partial charge in [-0.15, -0.1) is 0 Å². The normalized spacial score (nSPS) is 24.8. The first-order valence-corrected chi connectivity index (χ1v) is 11.4. The molecule has 34 heavy (non-hydrogen) atoms. The fraction of sp³-hybridized carbons (Fsp3) is 0.333. The quantitative estimate of drug-likeness (QED) is 0.418. The number of anilines is 2. The first-order valence-electron chi connectivity index (χ1n) is 11.4. The molecule has 1 saturated carbocycles. The molecular weight excluding hydrogens is 432 g/mol. The summed E-state index contributed by atoms with van der Waals surface area (Å²) in [5.41, 5.74) is 4.29. The summed E-state index contributed by atoms with van der Waals surface area (Å²) in [5.74, 6) is -1.94. The highest BCUT2D eigenvalue weighted by molar-refractivity contribution is 6.23. The van der Waals surface area contributed by atoms with Gasteiger partial charge in [0.25, 0.3) is 5.91 Å². The molecule has 1 aliphatic heterocycles. The predicted molar refractivity (Wildman–Crippen MR) is 126 cm³/mol. The van der Waals surface area contributed by atoms with Crippen LogP contribution in [0.1, 0.15) is 34.8 Å². The van der Waals surface area contributed by atoms with Gasteiger partial charge in [-0.2, -0.15) is 0 Å². The van der Waals surface area contributed by atoms with E-state index >= 15 is 0 Å². The van der Waals surface area contributed by atoms with E-state index in [0.29, 0.717) is 11.4 Å². The van der Waals surface area contributed by atoms with Crippen LogP contribution in [0, 0.1) is 37.5 Å². The second-order valence-electron chi connectivity index (χ2n) is 9.47. The molecule has 5 rings (SSSR count). The van der Waals surface area contributed by atoms with Crippen molar-refractivity contribution in [3.05, 3.63) is 70.8 Å². The van der Waals surface area contributed by atoms with Gasteiger partial charge in [-0.05, 0) is 74.4 Å². The van der Waals surface area contributed by atoms with Crippen LogP contribution in [0.2, 0.25) is 0 Å². The SMILES string of the molecule is CC1=C[C@H]2C[C@H]1[C@H]1C(=O)N(c3cccc(C(=O)OCC(=O)Nc4cc(C)ccc4C)c3)C(=O)[C@H]12. The van der Waals surface area contributed by atoms with Crippen LogP contribution < -0.4 is 10.2 Å². The average molecular weight is 459 g/mol. The van der Waals surface area contributed by atoms with Crippen molar-refractivity contribution in [3.8, 4) is 0 Å². The molecule has 2 fully saturated rings. The third-order valence-electron chi connectivity index (χ3n) is 7.22. The largest absolute Gasteiger partial charge is 0.452 e. The number of carbonyl (C=O) groups excluding carboxylic acids is 4. The minimum absolute atomic E-state index is 0.111. The van der Waals surface area contributed by atoms with Crippen molar-refractivity contribution < 1.29 is 23.9 Å². The highest BCUT2D eigenvalue weighted by Crippen LogP contribution is 2.55. The van der Waals surface area contributed by atoms with Crippen LogP contribution in [0.5, 0.6) is 0 Å². The molecule has 0 aromatic heterocycles. The summed E-state index contributed by atoms with van der Waals surface area (Å²) in [5, 5.41) is 2.75. The van der Waals surface area contributed by atoms with E-state index in [9.17, 15) is 19.2 Å². The Morgan fingerprint density at radius 2 is 1.79 bits per heavy atom. The van der Waals surface area contributed by atoms with Gasteiger partial charge in [0.15, 0.2) is 6.61 Å². The molecule has 1 N–H and O–H groups in total. The lowest BCUT2D eigenvalue weighted by atomic mass is 9.82. The number of amides is 3. The van der Waals surface area contributed by atoms with Crippen LogP contribution in [0.4, 0.5) is 11.4 Å². The van der Waals surface area contributed by atoms with Crippen molar-refractivity contribution in [1.29, 1.82) is 0 Å². The first-order chi connectivity index (χ1) is 16.2. The Labute approximate surface area is 197 Å². The Morgan fingerprint density at radius 1 is 1.03 bits per heavy atom. The summed E-state index contributed by atoms with van der Waals surface area (Å²) in [6, 6.07) is 12.0. The van der Waals surface area contributed by atoms with Crippen LogP contribution >= 0.6 is 0 Å². The van der Waals surface area contributed by atoms with Crippen LogP contribution in [0.3, 0.4) is 0 Å². The average Bonchev–Trinajstić information content (AvgIpc) is 3.45. The van der Waals surface area contributed by atoms with Gasteiger partial charge < -0.3 is 10.1 Å². The monoisotopic (exact) mass is 458 g/mol. The summed E-state index contributed by atoms with van der Waals surface area (Å²) in [7, 11) is 0. The maximum atomic E-state index is 13.2. The fourth-order valence-corrected chi connectivity index (χ4v) is 5.57. The Balaban J connectivity index is 1.26. The van der Waals surface area contributed by atoms with Crippen molar-refractivity contribution in [2.75, 3.05) is 16.8 Å². The second kappa shape index (κ2) is 8.24. The summed E-state index contributed by atoms with van der Waals surface area (Å²) in [4.78, 5) is 52.4. The summed E-state index contributed by atoms with van der Waals surface area (Å²) < 4.78 is 5.19. The van der Waals surface area contributed by atoms with Crippen molar-refractivity contribution in [3.63, 3.8) is 0 Å². The number of hydrogen-bond acceptors (Lipinski definition) is 5. The van der Waals surface area contributed by atoms with E-state index in [-0.39, 0.29) is 41.0 Å². The second-order valence-corrected chi connectivity index (χ2v) is 9.47. The molecule has 0 radical (unpaired) electrons. The number of benzene rings is 2. The van der Waals surface area contributed by atoms with Gasteiger partial charge >= 0.3 is 5.97 Å². The number of esters is 1. The molecule has 2 aliphatic carbocycles. The number of rotatable bonds is 5. The van der Waals surface area contributed by atoms with Gasteiger partial charge in [0.05, 0.1) is 23.1 Å². The summed E-state index contributed by atoms with van der Waals surface area (Å²) in [6.45, 7) is 5.38. The zero-order valence-electron chi connectivity index (χ0n) is 19.3. The summed E-state index contributed by atoms with van der Waals surface area (Å²) in [6.07, 6.45) is 2.99. The number of nitrogens with zero attached hydrogens (tertiary/aromatic N) is 1. The highest BCUT2D eigenvalue weighted by Gasteiger charge is 2.60. The Hall–Kier alpha value is -3.74. The minimum atomic E-state index is -0.699. The molecule has 1 heterocycles. The molecule has 7 heteroatoms. The van der Waals surface area contributed by atoms with E-state index in [4.69, 9.17) is 4.74 Å². The van der Waals surface area contributed by atoms with E-state index in [0.717, 1.165) is 17.5 Å². The van der Waals surface area contributed by atoms with Crippen LogP contribution in [-0.2, 0) is 19.1 Å². The number of aryl methyl sites for hydroxylation is 2. The zero-order valence-corrected chi connectivity index (χ0v) is 19.3. The topological polar surface area (TPSA) is 92.8 Å². The lowest BCUT2D eigenvalue weighted by Crippen LogP contribution is -2.33. The van der Waals surface area contributed by atoms with E-state index in [1.54, 1.807) is 12.1 Å². The van der Waals surface area contributed by atoms with Crippen LogP contribution in [0.25, 0.3) is 0 Å². The molecule has 0 unspecified atom stereocenters. The van der Waals surface area contributed by atoms with Gasteiger partial charge in [-0.25, -0.2) is 9.69 Å². The summed E-state index contributed by atoms with van der Waals surface area (Å²) >= 11 is 0. The zero-order chi connectivity index (χ0) is 24.1. The number of allylic oxidation sites excluding steroid dienone is 2. The molecule has 2 bridgehead atoms. The van der Waals surface area contributed by atoms with Gasteiger partial charge in [-0.3, -0.25) is 14.4 Å². The molecule has 3 aliphatic rings. The maximum absolute atomic E-state index is 13.2. The Kier molecular flexibility index (Phi) is 5.35. The Morgan fingerprint density at radius 3 is 2.59 bits per heavy atom. The lowest BCUT2D eigenvalue weighted by Gasteiger charge is -2.19. The molecule has 174 valence electrons. The minimum Gasteiger partial charge on any atom is -0.452 e. The Bertz CT molecular complexity index is 1260. The number of nitrogens with one attached hydrogen (secondary N) is 1. The van der Waals surface area contributed by atoms with Gasteiger partial charge in [0.2, 0.25) is 11.8 Å². The number of imide groups is 1. The molecule has 7 nitrogen and oxygen atoms in total. The predicted octanol–water partition coefficient (Wildman–Crippen LogP) is 3.80. The van der Waals surface area contributed by atoms with E-state index in [1.165, 1.54) is 22.6 Å². The molecular formula is C27H26N2O5. The first kappa shape index (κ1) is 22.1. The molecule has 3 amide bonds. The number of carbonyl (C=O) groups is 4. The van der Waals surface area contributed by atoms with Gasteiger partial charge in [-0.1, -0.05) is 29.8 Å². The van der Waals surface area contributed by atoms with Crippen molar-refractivity contribution in [1.82, 2.24) is 0 Å². The van der Waals surface area contributed by atoms with Crippen LogP contribution in [0.15, 0.2) is 54.1 Å². The molecule has 1 saturated heterocycles. The van der Waals surface area contributed by atoms with Gasteiger partial charge in [0.1, 0.15) is 0 Å². The van der Waals surface area contributed by atoms with E-state index < -0.39 is 18.5 Å². The molecule has 4 atom stereocenters. The number of ether oxygens (including phenoxy) is 1. The third-order valence-corrected chi connectivity index (χ3v) is 7.22. The van der Waals surface area contributed by atoms with Crippen molar-refractivity contribution >= 4 is 35.1 Å².